The van der Waals surface area contributed by atoms with E-state index in [0.717, 1.165) is 5.56 Å². The first-order valence-electron chi connectivity index (χ1n) is 7.89. The van der Waals surface area contributed by atoms with Crippen LogP contribution in [-0.4, -0.2) is 37.7 Å². The molecule has 1 heterocycles. The van der Waals surface area contributed by atoms with E-state index in [1.54, 1.807) is 41.1 Å². The van der Waals surface area contributed by atoms with Crippen molar-refractivity contribution in [3.8, 4) is 22.8 Å². The van der Waals surface area contributed by atoms with Crippen LogP contribution in [-0.2, 0) is 14.3 Å². The molecule has 0 aliphatic carbocycles. The number of hydrogen-bond donors (Lipinski definition) is 1. The summed E-state index contributed by atoms with van der Waals surface area (Å²) in [5, 5.41) is 4.87. The van der Waals surface area contributed by atoms with Gasteiger partial charge >= 0.3 is 5.97 Å². The van der Waals surface area contributed by atoms with Gasteiger partial charge in [0.2, 0.25) is 0 Å². The Hall–Kier alpha value is -2.61. The first-order valence-corrected chi connectivity index (χ1v) is 8.77. The van der Waals surface area contributed by atoms with Crippen molar-refractivity contribution >= 4 is 28.3 Å². The Morgan fingerprint density at radius 3 is 2.46 bits per heavy atom. The third kappa shape index (κ3) is 4.95. The van der Waals surface area contributed by atoms with E-state index in [1.807, 2.05) is 17.5 Å². The molecule has 0 saturated heterocycles. The number of nitrogens with zero attached hydrogens (tertiary/aromatic N) is 1. The number of thiazole rings is 1. The average Bonchev–Trinajstić information content (AvgIpc) is 3.06. The molecule has 0 fully saturated rings. The van der Waals surface area contributed by atoms with E-state index >= 15 is 0 Å². The molecule has 0 radical (unpaired) electrons. The molecule has 7 nitrogen and oxygen atoms in total. The minimum Gasteiger partial charge on any atom is -0.493 e. The molecular weight excluding hydrogens is 356 g/mol. The SMILES string of the molecule is COc1ccc(-c2csc(NC(=O)COC(=O)C(C)(C)C)n2)cc1OC. The fourth-order valence-electron chi connectivity index (χ4n) is 1.96. The van der Waals surface area contributed by atoms with Crippen molar-refractivity contribution in [1.29, 1.82) is 0 Å². The molecule has 1 N–H and O–H groups in total. The molecule has 26 heavy (non-hydrogen) atoms. The number of nitrogens with one attached hydrogen (secondary N) is 1. The molecule has 2 rings (SSSR count). The van der Waals surface area contributed by atoms with Crippen molar-refractivity contribution in [3.63, 3.8) is 0 Å². The van der Waals surface area contributed by atoms with Crippen molar-refractivity contribution in [2.24, 2.45) is 5.41 Å². The largest absolute Gasteiger partial charge is 0.493 e. The molecule has 140 valence electrons. The Morgan fingerprint density at radius 1 is 1.15 bits per heavy atom. The van der Waals surface area contributed by atoms with E-state index in [-0.39, 0.29) is 6.61 Å². The van der Waals surface area contributed by atoms with Crippen LogP contribution in [0, 0.1) is 5.41 Å². The number of methoxy groups -OCH3 is 2. The minimum atomic E-state index is -0.651. The summed E-state index contributed by atoms with van der Waals surface area (Å²) in [5.41, 5.74) is 0.874. The van der Waals surface area contributed by atoms with E-state index in [4.69, 9.17) is 14.2 Å². The number of amides is 1. The predicted octanol–water partition coefficient (Wildman–Crippen LogP) is 3.36. The molecule has 8 heteroatoms. The number of aromatic nitrogens is 1. The number of carbonyl (C=O) groups is 2. The third-order valence-electron chi connectivity index (χ3n) is 3.38. The standard InChI is InChI=1S/C18H22N2O5S/c1-18(2,3)16(22)25-9-15(21)20-17-19-12(10-26-17)11-6-7-13(23-4)14(8-11)24-5/h6-8,10H,9H2,1-5H3,(H,19,20,21). The summed E-state index contributed by atoms with van der Waals surface area (Å²) in [5.74, 6) is 0.354. The summed E-state index contributed by atoms with van der Waals surface area (Å²) in [6.07, 6.45) is 0. The predicted molar refractivity (Wildman–Crippen MR) is 99.7 cm³/mol. The maximum atomic E-state index is 11.9. The fraction of sp³-hybridized carbons (Fsp3) is 0.389. The minimum absolute atomic E-state index is 0.346. The molecule has 1 amide bonds. The highest BCUT2D eigenvalue weighted by Gasteiger charge is 2.24. The quantitative estimate of drug-likeness (QED) is 0.776. The monoisotopic (exact) mass is 378 g/mol. The van der Waals surface area contributed by atoms with Crippen LogP contribution in [0.3, 0.4) is 0 Å². The van der Waals surface area contributed by atoms with Crippen LogP contribution in [0.1, 0.15) is 20.8 Å². The summed E-state index contributed by atoms with van der Waals surface area (Å²) >= 11 is 1.28. The number of ether oxygens (including phenoxy) is 3. The first-order chi connectivity index (χ1) is 12.2. The lowest BCUT2D eigenvalue weighted by Crippen LogP contribution is -2.27. The number of benzene rings is 1. The van der Waals surface area contributed by atoms with Gasteiger partial charge in [0.15, 0.2) is 23.2 Å². The van der Waals surface area contributed by atoms with Crippen LogP contribution in [0.25, 0.3) is 11.3 Å². The van der Waals surface area contributed by atoms with E-state index < -0.39 is 17.3 Å². The Bertz CT molecular complexity index is 795. The molecule has 2 aromatic rings. The number of rotatable bonds is 6. The Kier molecular flexibility index (Phi) is 6.20. The second kappa shape index (κ2) is 8.18. The topological polar surface area (TPSA) is 86.8 Å². The summed E-state index contributed by atoms with van der Waals surface area (Å²) < 4.78 is 15.5. The zero-order chi connectivity index (χ0) is 19.3. The molecule has 0 spiro atoms. The zero-order valence-corrected chi connectivity index (χ0v) is 16.2. The van der Waals surface area contributed by atoms with Crippen LogP contribution in [0.2, 0.25) is 0 Å². The number of esters is 1. The van der Waals surface area contributed by atoms with Gasteiger partial charge in [-0.2, -0.15) is 0 Å². The lowest BCUT2D eigenvalue weighted by molar-refractivity contribution is -0.155. The number of carbonyl (C=O) groups excluding carboxylic acids is 2. The molecule has 0 saturated carbocycles. The molecule has 0 bridgehead atoms. The smallest absolute Gasteiger partial charge is 0.311 e. The van der Waals surface area contributed by atoms with Crippen molar-refractivity contribution < 1.29 is 23.8 Å². The highest BCUT2D eigenvalue weighted by Crippen LogP contribution is 2.33. The normalized spacial score (nSPS) is 11.0. The summed E-state index contributed by atoms with van der Waals surface area (Å²) in [6, 6.07) is 5.45. The lowest BCUT2D eigenvalue weighted by atomic mass is 9.97. The highest BCUT2D eigenvalue weighted by molar-refractivity contribution is 7.14. The molecule has 0 atom stereocenters. The van der Waals surface area contributed by atoms with Crippen molar-refractivity contribution in [2.75, 3.05) is 26.1 Å². The van der Waals surface area contributed by atoms with E-state index in [0.29, 0.717) is 22.3 Å². The van der Waals surface area contributed by atoms with Gasteiger partial charge in [-0.25, -0.2) is 4.98 Å². The highest BCUT2D eigenvalue weighted by atomic mass is 32.1. The summed E-state index contributed by atoms with van der Waals surface area (Å²) in [7, 11) is 3.13. The van der Waals surface area contributed by atoms with Gasteiger partial charge in [0.1, 0.15) is 0 Å². The maximum Gasteiger partial charge on any atom is 0.311 e. The second-order valence-electron chi connectivity index (χ2n) is 6.48. The van der Waals surface area contributed by atoms with Gasteiger partial charge in [0.25, 0.3) is 5.91 Å². The van der Waals surface area contributed by atoms with Crippen LogP contribution in [0.4, 0.5) is 5.13 Å². The second-order valence-corrected chi connectivity index (χ2v) is 7.34. The van der Waals surface area contributed by atoms with E-state index in [2.05, 4.69) is 10.3 Å². The van der Waals surface area contributed by atoms with Gasteiger partial charge in [-0.3, -0.25) is 14.9 Å². The number of anilines is 1. The molecule has 1 aromatic heterocycles. The maximum absolute atomic E-state index is 11.9. The van der Waals surface area contributed by atoms with E-state index in [1.165, 1.54) is 11.3 Å². The van der Waals surface area contributed by atoms with Gasteiger partial charge in [-0.1, -0.05) is 0 Å². The van der Waals surface area contributed by atoms with Crippen LogP contribution in [0.15, 0.2) is 23.6 Å². The van der Waals surface area contributed by atoms with Gasteiger partial charge < -0.3 is 14.2 Å². The Labute approximate surface area is 156 Å². The molecule has 0 unspecified atom stereocenters. The molecular formula is C18H22N2O5S. The van der Waals surface area contributed by atoms with E-state index in [9.17, 15) is 9.59 Å². The fourth-order valence-corrected chi connectivity index (χ4v) is 2.70. The van der Waals surface area contributed by atoms with Gasteiger partial charge in [0.05, 0.1) is 25.3 Å². The van der Waals surface area contributed by atoms with Crippen molar-refractivity contribution in [1.82, 2.24) is 4.98 Å². The first kappa shape index (κ1) is 19.7. The molecule has 0 aliphatic heterocycles. The zero-order valence-electron chi connectivity index (χ0n) is 15.4. The molecule has 0 aliphatic rings. The summed E-state index contributed by atoms with van der Waals surface area (Å²) in [4.78, 5) is 28.0. The van der Waals surface area contributed by atoms with Crippen LogP contribution >= 0.6 is 11.3 Å². The third-order valence-corrected chi connectivity index (χ3v) is 4.13. The van der Waals surface area contributed by atoms with Gasteiger partial charge in [-0.05, 0) is 39.0 Å². The Morgan fingerprint density at radius 2 is 1.85 bits per heavy atom. The van der Waals surface area contributed by atoms with Gasteiger partial charge in [0, 0.05) is 10.9 Å². The molecule has 1 aromatic carbocycles. The lowest BCUT2D eigenvalue weighted by Gasteiger charge is -2.15. The van der Waals surface area contributed by atoms with Crippen LogP contribution < -0.4 is 14.8 Å². The van der Waals surface area contributed by atoms with Gasteiger partial charge in [-0.15, -0.1) is 11.3 Å². The van der Waals surface area contributed by atoms with Crippen molar-refractivity contribution in [3.05, 3.63) is 23.6 Å². The number of hydrogen-bond acceptors (Lipinski definition) is 7. The summed E-state index contributed by atoms with van der Waals surface area (Å²) in [6.45, 7) is 4.83. The van der Waals surface area contributed by atoms with Crippen molar-refractivity contribution in [2.45, 2.75) is 20.8 Å². The van der Waals surface area contributed by atoms with Crippen LogP contribution in [0.5, 0.6) is 11.5 Å². The average molecular weight is 378 g/mol. The Balaban J connectivity index is 2.01.